The van der Waals surface area contributed by atoms with Crippen LogP contribution < -0.4 is 4.74 Å². The van der Waals surface area contributed by atoms with E-state index in [9.17, 15) is 8.78 Å². The van der Waals surface area contributed by atoms with E-state index in [0.717, 1.165) is 0 Å². The Morgan fingerprint density at radius 3 is 2.56 bits per heavy atom. The van der Waals surface area contributed by atoms with Crippen LogP contribution >= 0.6 is 0 Å². The Bertz CT molecular complexity index is 436. The molecule has 18 heavy (non-hydrogen) atoms. The molecule has 0 atom stereocenters. The van der Waals surface area contributed by atoms with Crippen LogP contribution in [-0.2, 0) is 9.47 Å². The summed E-state index contributed by atoms with van der Waals surface area (Å²) in [5, 5.41) is 0. The minimum absolute atomic E-state index is 0.0166. The summed E-state index contributed by atoms with van der Waals surface area (Å²) in [4.78, 5) is 0. The molecule has 0 bridgehead atoms. The molecule has 0 aromatic heterocycles. The van der Waals surface area contributed by atoms with E-state index in [1.54, 1.807) is 24.3 Å². The fraction of sp³-hybridized carbons (Fsp3) is 0.385. The van der Waals surface area contributed by atoms with Crippen molar-refractivity contribution < 1.29 is 23.0 Å². The van der Waals surface area contributed by atoms with Crippen LogP contribution in [0.4, 0.5) is 8.78 Å². The van der Waals surface area contributed by atoms with E-state index in [2.05, 4.69) is 0 Å². The average molecular weight is 256 g/mol. The van der Waals surface area contributed by atoms with Gasteiger partial charge in [0, 0.05) is 17.6 Å². The smallest absolute Gasteiger partial charge is 0.274 e. The first kappa shape index (κ1) is 13.0. The number of methoxy groups -OCH3 is 1. The highest BCUT2D eigenvalue weighted by Gasteiger charge is 2.23. The standard InChI is InChI=1S/C13H14F2O3/c1-16-11-5-3-2-4-9(11)10(13(14)15)8-12-17-6-7-18-12/h2-5,12H,6-8H2,1H3. The SMILES string of the molecule is COc1ccccc1C(CC1OCCO1)=C(F)F. The molecule has 0 spiro atoms. The summed E-state index contributed by atoms with van der Waals surface area (Å²) in [6.07, 6.45) is -2.33. The van der Waals surface area contributed by atoms with Crippen LogP contribution in [0.5, 0.6) is 5.75 Å². The molecule has 0 amide bonds. The van der Waals surface area contributed by atoms with Crippen molar-refractivity contribution in [3.63, 3.8) is 0 Å². The fourth-order valence-electron chi connectivity index (χ4n) is 1.87. The van der Waals surface area contributed by atoms with Crippen molar-refractivity contribution in [1.29, 1.82) is 0 Å². The third-order valence-electron chi connectivity index (χ3n) is 2.72. The maximum absolute atomic E-state index is 13.1. The number of rotatable bonds is 4. The van der Waals surface area contributed by atoms with Gasteiger partial charge in [0.05, 0.1) is 20.3 Å². The second kappa shape index (κ2) is 5.93. The third-order valence-corrected chi connectivity index (χ3v) is 2.72. The van der Waals surface area contributed by atoms with Gasteiger partial charge in [0.1, 0.15) is 5.75 Å². The summed E-state index contributed by atoms with van der Waals surface area (Å²) >= 11 is 0. The van der Waals surface area contributed by atoms with Crippen molar-refractivity contribution in [3.05, 3.63) is 35.9 Å². The Hall–Kier alpha value is -1.46. The third kappa shape index (κ3) is 2.86. The molecule has 0 radical (unpaired) electrons. The average Bonchev–Trinajstić information content (AvgIpc) is 2.88. The van der Waals surface area contributed by atoms with E-state index >= 15 is 0 Å². The van der Waals surface area contributed by atoms with Gasteiger partial charge in [0.25, 0.3) is 6.08 Å². The molecule has 1 saturated heterocycles. The zero-order valence-corrected chi connectivity index (χ0v) is 9.99. The van der Waals surface area contributed by atoms with Gasteiger partial charge in [-0.05, 0) is 6.07 Å². The largest absolute Gasteiger partial charge is 0.496 e. The predicted molar refractivity (Wildman–Crippen MR) is 62.4 cm³/mol. The van der Waals surface area contributed by atoms with Gasteiger partial charge in [-0.15, -0.1) is 0 Å². The van der Waals surface area contributed by atoms with Gasteiger partial charge in [-0.3, -0.25) is 0 Å². The van der Waals surface area contributed by atoms with Crippen LogP contribution in [0, 0.1) is 0 Å². The van der Waals surface area contributed by atoms with Crippen LogP contribution in [-0.4, -0.2) is 26.6 Å². The lowest BCUT2D eigenvalue weighted by Gasteiger charge is -2.14. The van der Waals surface area contributed by atoms with Crippen LogP contribution in [0.25, 0.3) is 5.57 Å². The number of para-hydroxylation sites is 1. The predicted octanol–water partition coefficient (Wildman–Crippen LogP) is 3.07. The van der Waals surface area contributed by atoms with E-state index in [1.165, 1.54) is 7.11 Å². The first-order valence-corrected chi connectivity index (χ1v) is 5.63. The van der Waals surface area contributed by atoms with Gasteiger partial charge in [0.2, 0.25) is 0 Å². The van der Waals surface area contributed by atoms with Gasteiger partial charge in [-0.25, -0.2) is 0 Å². The van der Waals surface area contributed by atoms with Crippen LogP contribution in [0.15, 0.2) is 30.3 Å². The van der Waals surface area contributed by atoms with Crippen molar-refractivity contribution in [2.45, 2.75) is 12.7 Å². The minimum Gasteiger partial charge on any atom is -0.496 e. The highest BCUT2D eigenvalue weighted by Crippen LogP contribution is 2.33. The van der Waals surface area contributed by atoms with E-state index in [4.69, 9.17) is 14.2 Å². The van der Waals surface area contributed by atoms with Crippen LogP contribution in [0.1, 0.15) is 12.0 Å². The van der Waals surface area contributed by atoms with Crippen molar-refractivity contribution in [1.82, 2.24) is 0 Å². The lowest BCUT2D eigenvalue weighted by Crippen LogP contribution is -2.09. The molecule has 5 heteroatoms. The Labute approximate surface area is 104 Å². The molecule has 2 rings (SSSR count). The van der Waals surface area contributed by atoms with Gasteiger partial charge >= 0.3 is 0 Å². The fourth-order valence-corrected chi connectivity index (χ4v) is 1.87. The number of hydrogen-bond donors (Lipinski definition) is 0. The Morgan fingerprint density at radius 2 is 1.94 bits per heavy atom. The van der Waals surface area contributed by atoms with Gasteiger partial charge in [-0.2, -0.15) is 8.78 Å². The molecule has 1 aromatic carbocycles. The Kier molecular flexibility index (Phi) is 4.28. The van der Waals surface area contributed by atoms with E-state index in [0.29, 0.717) is 24.5 Å². The molecule has 1 aromatic rings. The van der Waals surface area contributed by atoms with E-state index in [-0.39, 0.29) is 12.0 Å². The quantitative estimate of drug-likeness (QED) is 0.828. The summed E-state index contributed by atoms with van der Waals surface area (Å²) in [5.74, 6) is 0.415. The molecule has 0 saturated carbocycles. The van der Waals surface area contributed by atoms with Crippen molar-refractivity contribution in [2.24, 2.45) is 0 Å². The molecule has 1 heterocycles. The van der Waals surface area contributed by atoms with Crippen LogP contribution in [0.3, 0.4) is 0 Å². The van der Waals surface area contributed by atoms with Crippen LogP contribution in [0.2, 0.25) is 0 Å². The molecular formula is C13H14F2O3. The maximum Gasteiger partial charge on any atom is 0.274 e. The Balaban J connectivity index is 2.27. The topological polar surface area (TPSA) is 27.7 Å². The second-order valence-corrected chi connectivity index (χ2v) is 3.81. The first-order chi connectivity index (χ1) is 8.72. The summed E-state index contributed by atoms with van der Waals surface area (Å²) in [7, 11) is 1.45. The summed E-state index contributed by atoms with van der Waals surface area (Å²) in [5.41, 5.74) is 0.276. The van der Waals surface area contributed by atoms with Gasteiger partial charge in [0.15, 0.2) is 6.29 Å². The van der Waals surface area contributed by atoms with E-state index in [1.807, 2.05) is 0 Å². The second-order valence-electron chi connectivity index (χ2n) is 3.81. The number of ether oxygens (including phenoxy) is 3. The molecule has 0 N–H and O–H groups in total. The normalized spacial score (nSPS) is 15.7. The Morgan fingerprint density at radius 1 is 1.28 bits per heavy atom. The first-order valence-electron chi connectivity index (χ1n) is 5.63. The highest BCUT2D eigenvalue weighted by atomic mass is 19.3. The highest BCUT2D eigenvalue weighted by molar-refractivity contribution is 5.71. The molecule has 1 aliphatic rings. The number of benzene rings is 1. The molecule has 1 aliphatic heterocycles. The maximum atomic E-state index is 13.1. The van der Waals surface area contributed by atoms with Crippen molar-refractivity contribution in [2.75, 3.05) is 20.3 Å². The number of halogens is 2. The summed E-state index contributed by atoms with van der Waals surface area (Å²) in [6.45, 7) is 0.884. The summed E-state index contributed by atoms with van der Waals surface area (Å²) in [6, 6.07) is 6.67. The summed E-state index contributed by atoms with van der Waals surface area (Å²) < 4.78 is 41.6. The molecule has 1 fully saturated rings. The monoisotopic (exact) mass is 256 g/mol. The van der Waals surface area contributed by atoms with Crippen molar-refractivity contribution >= 4 is 5.57 Å². The van der Waals surface area contributed by atoms with Gasteiger partial charge in [-0.1, -0.05) is 18.2 Å². The molecule has 0 unspecified atom stereocenters. The lowest BCUT2D eigenvalue weighted by molar-refractivity contribution is -0.0367. The zero-order valence-electron chi connectivity index (χ0n) is 9.99. The lowest BCUT2D eigenvalue weighted by atomic mass is 10.0. The van der Waals surface area contributed by atoms with Crippen molar-refractivity contribution in [3.8, 4) is 5.75 Å². The molecule has 3 nitrogen and oxygen atoms in total. The number of hydrogen-bond acceptors (Lipinski definition) is 3. The molecule has 98 valence electrons. The zero-order chi connectivity index (χ0) is 13.0. The van der Waals surface area contributed by atoms with E-state index < -0.39 is 12.4 Å². The molecule has 0 aliphatic carbocycles. The molecular weight excluding hydrogens is 242 g/mol. The minimum atomic E-state index is -1.74. The van der Waals surface area contributed by atoms with Gasteiger partial charge < -0.3 is 14.2 Å².